The van der Waals surface area contributed by atoms with E-state index in [0.717, 1.165) is 13.0 Å². The lowest BCUT2D eigenvalue weighted by Gasteiger charge is -2.16. The standard InChI is InChI=1S/C14H19N3O4/c1-10(18)11-6-7-16(8-11)9-14(19)15-12-4-2-3-5-13(12)17(20)21/h2-5,10-11,18H,6-9H2,1H3,(H,15,19). The maximum absolute atomic E-state index is 12.0. The first-order valence-electron chi connectivity index (χ1n) is 6.91. The summed E-state index contributed by atoms with van der Waals surface area (Å²) in [5, 5.41) is 23.0. The molecule has 1 heterocycles. The SMILES string of the molecule is CC(O)C1CCN(CC(=O)Nc2ccccc2[N+](=O)[O-])C1. The highest BCUT2D eigenvalue weighted by atomic mass is 16.6. The lowest BCUT2D eigenvalue weighted by atomic mass is 10.0. The Morgan fingerprint density at radius 3 is 2.90 bits per heavy atom. The number of likely N-dealkylation sites (tertiary alicyclic amines) is 1. The highest BCUT2D eigenvalue weighted by Crippen LogP contribution is 2.23. The van der Waals surface area contributed by atoms with E-state index in [4.69, 9.17) is 0 Å². The van der Waals surface area contributed by atoms with Gasteiger partial charge in [0, 0.05) is 12.6 Å². The Kier molecular flexibility index (Phi) is 4.87. The third-order valence-corrected chi connectivity index (χ3v) is 3.73. The minimum atomic E-state index is -0.519. The van der Waals surface area contributed by atoms with Gasteiger partial charge in [0.15, 0.2) is 0 Å². The smallest absolute Gasteiger partial charge is 0.292 e. The van der Waals surface area contributed by atoms with Crippen LogP contribution in [0.15, 0.2) is 24.3 Å². The van der Waals surface area contributed by atoms with Crippen molar-refractivity contribution >= 4 is 17.3 Å². The molecule has 7 heteroatoms. The van der Waals surface area contributed by atoms with Gasteiger partial charge in [-0.05, 0) is 31.9 Å². The van der Waals surface area contributed by atoms with E-state index in [-0.39, 0.29) is 35.8 Å². The third kappa shape index (κ3) is 3.99. The number of nitrogens with zero attached hydrogens (tertiary/aromatic N) is 2. The van der Waals surface area contributed by atoms with Gasteiger partial charge in [0.2, 0.25) is 5.91 Å². The summed E-state index contributed by atoms with van der Waals surface area (Å²) in [4.78, 5) is 24.3. The van der Waals surface area contributed by atoms with Gasteiger partial charge < -0.3 is 10.4 Å². The molecule has 0 spiro atoms. The summed E-state index contributed by atoms with van der Waals surface area (Å²) >= 11 is 0. The van der Waals surface area contributed by atoms with E-state index in [1.165, 1.54) is 12.1 Å². The molecule has 0 radical (unpaired) electrons. The molecule has 114 valence electrons. The zero-order chi connectivity index (χ0) is 15.4. The molecule has 1 aromatic rings. The van der Waals surface area contributed by atoms with Gasteiger partial charge in [-0.3, -0.25) is 19.8 Å². The maximum Gasteiger partial charge on any atom is 0.292 e. The molecule has 1 saturated heterocycles. The van der Waals surface area contributed by atoms with E-state index in [0.29, 0.717) is 6.54 Å². The first-order valence-corrected chi connectivity index (χ1v) is 6.91. The number of amides is 1. The summed E-state index contributed by atoms with van der Waals surface area (Å²) in [5.74, 6) is -0.0978. The second kappa shape index (κ2) is 6.64. The third-order valence-electron chi connectivity index (χ3n) is 3.73. The number of hydrogen-bond donors (Lipinski definition) is 2. The molecule has 1 aromatic carbocycles. The molecule has 2 rings (SSSR count). The van der Waals surface area contributed by atoms with Crippen LogP contribution in [0.5, 0.6) is 0 Å². The lowest BCUT2D eigenvalue weighted by Crippen LogP contribution is -2.32. The Morgan fingerprint density at radius 1 is 1.57 bits per heavy atom. The molecular weight excluding hydrogens is 274 g/mol. The number of benzene rings is 1. The van der Waals surface area contributed by atoms with Crippen LogP contribution < -0.4 is 5.32 Å². The number of carbonyl (C=O) groups excluding carboxylic acids is 1. The van der Waals surface area contributed by atoms with Crippen molar-refractivity contribution in [1.82, 2.24) is 4.90 Å². The number of hydrogen-bond acceptors (Lipinski definition) is 5. The van der Waals surface area contributed by atoms with Gasteiger partial charge in [0.05, 0.1) is 17.6 Å². The van der Waals surface area contributed by atoms with Crippen molar-refractivity contribution in [2.45, 2.75) is 19.4 Å². The number of aliphatic hydroxyl groups is 1. The van der Waals surface area contributed by atoms with Crippen LogP contribution in [0.2, 0.25) is 0 Å². The van der Waals surface area contributed by atoms with Gasteiger partial charge in [-0.1, -0.05) is 12.1 Å². The summed E-state index contributed by atoms with van der Waals surface area (Å²) < 4.78 is 0. The second-order valence-electron chi connectivity index (χ2n) is 5.35. The molecule has 2 atom stereocenters. The van der Waals surface area contributed by atoms with Gasteiger partial charge in [0.25, 0.3) is 5.69 Å². The van der Waals surface area contributed by atoms with Crippen LogP contribution in [0.25, 0.3) is 0 Å². The average molecular weight is 293 g/mol. The van der Waals surface area contributed by atoms with Crippen LogP contribution in [-0.4, -0.2) is 46.6 Å². The number of para-hydroxylation sites is 2. The van der Waals surface area contributed by atoms with E-state index in [9.17, 15) is 20.0 Å². The first kappa shape index (κ1) is 15.4. The predicted molar refractivity (Wildman–Crippen MR) is 78.0 cm³/mol. The van der Waals surface area contributed by atoms with E-state index in [1.807, 2.05) is 4.90 Å². The number of nitrogens with one attached hydrogen (secondary N) is 1. The molecule has 2 unspecified atom stereocenters. The molecule has 2 N–H and O–H groups in total. The second-order valence-corrected chi connectivity index (χ2v) is 5.35. The van der Waals surface area contributed by atoms with E-state index >= 15 is 0 Å². The van der Waals surface area contributed by atoms with Crippen LogP contribution in [0, 0.1) is 16.0 Å². The summed E-state index contributed by atoms with van der Waals surface area (Å²) in [6.07, 6.45) is 0.476. The topological polar surface area (TPSA) is 95.7 Å². The Bertz CT molecular complexity index is 533. The molecule has 0 bridgehead atoms. The van der Waals surface area contributed by atoms with Crippen LogP contribution >= 0.6 is 0 Å². The molecule has 0 saturated carbocycles. The van der Waals surface area contributed by atoms with Crippen LogP contribution in [0.1, 0.15) is 13.3 Å². The number of carbonyl (C=O) groups is 1. The van der Waals surface area contributed by atoms with Gasteiger partial charge in [-0.25, -0.2) is 0 Å². The molecule has 0 aromatic heterocycles. The molecule has 0 aliphatic carbocycles. The monoisotopic (exact) mass is 293 g/mol. The first-order chi connectivity index (χ1) is 9.97. The minimum Gasteiger partial charge on any atom is -0.393 e. The number of anilines is 1. The normalized spacial score (nSPS) is 20.2. The Morgan fingerprint density at radius 2 is 2.29 bits per heavy atom. The van der Waals surface area contributed by atoms with Gasteiger partial charge in [-0.2, -0.15) is 0 Å². The zero-order valence-electron chi connectivity index (χ0n) is 11.9. The summed E-state index contributed by atoms with van der Waals surface area (Å²) in [6, 6.07) is 6.07. The van der Waals surface area contributed by atoms with E-state index in [2.05, 4.69) is 5.32 Å². The minimum absolute atomic E-state index is 0.117. The predicted octanol–water partition coefficient (Wildman–Crippen LogP) is 1.24. The van der Waals surface area contributed by atoms with Crippen LogP contribution in [0.3, 0.4) is 0 Å². The van der Waals surface area contributed by atoms with Crippen LogP contribution in [0.4, 0.5) is 11.4 Å². The van der Waals surface area contributed by atoms with Crippen molar-refractivity contribution in [2.24, 2.45) is 5.92 Å². The molecular formula is C14H19N3O4. The largest absolute Gasteiger partial charge is 0.393 e. The summed E-state index contributed by atoms with van der Waals surface area (Å²) in [7, 11) is 0. The van der Waals surface area contributed by atoms with Crippen LogP contribution in [-0.2, 0) is 4.79 Å². The van der Waals surface area contributed by atoms with Crippen molar-refractivity contribution in [1.29, 1.82) is 0 Å². The average Bonchev–Trinajstić information content (AvgIpc) is 2.87. The summed E-state index contributed by atoms with van der Waals surface area (Å²) in [5.41, 5.74) is 0.0907. The maximum atomic E-state index is 12.0. The Labute approximate surface area is 122 Å². The molecule has 21 heavy (non-hydrogen) atoms. The van der Waals surface area contributed by atoms with E-state index < -0.39 is 4.92 Å². The highest BCUT2D eigenvalue weighted by Gasteiger charge is 2.27. The van der Waals surface area contributed by atoms with Crippen molar-refractivity contribution < 1.29 is 14.8 Å². The number of nitro benzene ring substituents is 1. The molecule has 1 fully saturated rings. The Balaban J connectivity index is 1.93. The highest BCUT2D eigenvalue weighted by molar-refractivity contribution is 5.94. The molecule has 7 nitrogen and oxygen atoms in total. The fraction of sp³-hybridized carbons (Fsp3) is 0.500. The molecule has 1 amide bonds. The fourth-order valence-electron chi connectivity index (χ4n) is 2.53. The fourth-order valence-corrected chi connectivity index (χ4v) is 2.53. The van der Waals surface area contributed by atoms with E-state index in [1.54, 1.807) is 19.1 Å². The van der Waals surface area contributed by atoms with Crippen molar-refractivity contribution in [3.05, 3.63) is 34.4 Å². The van der Waals surface area contributed by atoms with Crippen molar-refractivity contribution in [3.63, 3.8) is 0 Å². The number of aliphatic hydroxyl groups excluding tert-OH is 1. The molecule has 1 aliphatic rings. The quantitative estimate of drug-likeness (QED) is 0.629. The zero-order valence-corrected chi connectivity index (χ0v) is 11.9. The van der Waals surface area contributed by atoms with Gasteiger partial charge in [-0.15, -0.1) is 0 Å². The number of rotatable bonds is 5. The number of nitro groups is 1. The molecule has 1 aliphatic heterocycles. The van der Waals surface area contributed by atoms with Gasteiger partial charge in [0.1, 0.15) is 5.69 Å². The summed E-state index contributed by atoms with van der Waals surface area (Å²) in [6.45, 7) is 3.35. The van der Waals surface area contributed by atoms with Gasteiger partial charge >= 0.3 is 0 Å². The Hall–Kier alpha value is -1.99. The van der Waals surface area contributed by atoms with Crippen molar-refractivity contribution in [3.8, 4) is 0 Å². The lowest BCUT2D eigenvalue weighted by molar-refractivity contribution is -0.383. The van der Waals surface area contributed by atoms with Crippen molar-refractivity contribution in [2.75, 3.05) is 25.0 Å².